The van der Waals surface area contributed by atoms with Crippen LogP contribution in [-0.2, 0) is 19.7 Å². The van der Waals surface area contributed by atoms with Gasteiger partial charge in [0.15, 0.2) is 19.7 Å². The Morgan fingerprint density at radius 1 is 0.962 bits per heavy atom. The van der Waals surface area contributed by atoms with E-state index in [0.717, 1.165) is 24.5 Å². The van der Waals surface area contributed by atoms with Gasteiger partial charge < -0.3 is 5.32 Å². The smallest absolute Gasteiger partial charge is 0.177 e. The summed E-state index contributed by atoms with van der Waals surface area (Å²) in [5, 5.41) is 3.82. The second-order valence-corrected chi connectivity index (χ2v) is 10.7. The monoisotopic (exact) mass is 415 g/mol. The fourth-order valence-corrected chi connectivity index (χ4v) is 4.38. The van der Waals surface area contributed by atoms with Crippen molar-refractivity contribution in [2.24, 2.45) is 0 Å². The first-order valence-electron chi connectivity index (χ1n) is 8.06. The zero-order chi connectivity index (χ0) is 19.5. The molecule has 0 saturated carbocycles. The topological polar surface area (TPSA) is 80.3 Å². The lowest BCUT2D eigenvalue weighted by Gasteiger charge is -2.19. The van der Waals surface area contributed by atoms with Crippen molar-refractivity contribution in [2.75, 3.05) is 24.4 Å². The van der Waals surface area contributed by atoms with E-state index in [1.54, 1.807) is 0 Å². The summed E-state index contributed by atoms with van der Waals surface area (Å²) in [5.41, 5.74) is 1.49. The van der Waals surface area contributed by atoms with Crippen LogP contribution < -0.4 is 5.32 Å². The molecule has 2 rings (SSSR count). The summed E-state index contributed by atoms with van der Waals surface area (Å²) in [7, 11) is -7.08. The van der Waals surface area contributed by atoms with Crippen molar-refractivity contribution in [3.8, 4) is 0 Å². The predicted octanol–water partition coefficient (Wildman–Crippen LogP) is 3.75. The fraction of sp³-hybridized carbons (Fsp3) is 0.333. The van der Waals surface area contributed by atoms with Crippen LogP contribution in [0.15, 0.2) is 52.3 Å². The highest BCUT2D eigenvalue weighted by Crippen LogP contribution is 2.27. The van der Waals surface area contributed by atoms with Gasteiger partial charge in [-0.15, -0.1) is 0 Å². The molecule has 0 amide bonds. The van der Waals surface area contributed by atoms with Crippen molar-refractivity contribution in [2.45, 2.75) is 29.1 Å². The zero-order valence-corrected chi connectivity index (χ0v) is 17.2. The first kappa shape index (κ1) is 20.7. The number of sulfone groups is 2. The molecule has 0 aliphatic carbocycles. The summed E-state index contributed by atoms with van der Waals surface area (Å²) in [4.78, 5) is -0.0420. The molecule has 0 aromatic heterocycles. The molecule has 1 N–H and O–H groups in total. The van der Waals surface area contributed by atoms with Gasteiger partial charge >= 0.3 is 0 Å². The molecular weight excluding hydrogens is 394 g/mol. The summed E-state index contributed by atoms with van der Waals surface area (Å²) in [6.07, 6.45) is 2.97. The number of benzene rings is 2. The Labute approximate surface area is 160 Å². The van der Waals surface area contributed by atoms with Crippen LogP contribution >= 0.6 is 11.6 Å². The van der Waals surface area contributed by atoms with E-state index in [1.165, 1.54) is 18.2 Å². The number of nitrogens with one attached hydrogen (secondary N) is 1. The minimum atomic E-state index is -3.59. The van der Waals surface area contributed by atoms with Crippen LogP contribution in [0.5, 0.6) is 0 Å². The van der Waals surface area contributed by atoms with Crippen LogP contribution in [-0.4, -0.2) is 35.9 Å². The van der Waals surface area contributed by atoms with Gasteiger partial charge in [0.25, 0.3) is 0 Å². The van der Waals surface area contributed by atoms with Gasteiger partial charge in [-0.3, -0.25) is 0 Å². The molecule has 1 unspecified atom stereocenters. The Morgan fingerprint density at radius 2 is 1.58 bits per heavy atom. The van der Waals surface area contributed by atoms with E-state index in [9.17, 15) is 16.8 Å². The summed E-state index contributed by atoms with van der Waals surface area (Å²) in [5.74, 6) is 0.161. The normalized spacial score (nSPS) is 13.4. The van der Waals surface area contributed by atoms with E-state index in [2.05, 4.69) is 5.32 Å². The lowest BCUT2D eigenvalue weighted by Crippen LogP contribution is -2.14. The van der Waals surface area contributed by atoms with Crippen molar-refractivity contribution >= 4 is 37.0 Å². The minimum absolute atomic E-state index is 0.0202. The van der Waals surface area contributed by atoms with Gasteiger partial charge in [0.2, 0.25) is 0 Å². The highest BCUT2D eigenvalue weighted by atomic mass is 35.5. The number of hydrogen-bond acceptors (Lipinski definition) is 5. The van der Waals surface area contributed by atoms with Gasteiger partial charge in [0.05, 0.1) is 15.5 Å². The van der Waals surface area contributed by atoms with E-state index in [4.69, 9.17) is 11.6 Å². The number of anilines is 1. The largest absolute Gasteiger partial charge is 0.383 e. The van der Waals surface area contributed by atoms with Crippen molar-refractivity contribution in [1.82, 2.24) is 0 Å². The lowest BCUT2D eigenvalue weighted by atomic mass is 9.96. The fourth-order valence-electron chi connectivity index (χ4n) is 2.65. The van der Waals surface area contributed by atoms with E-state index in [0.29, 0.717) is 17.3 Å². The van der Waals surface area contributed by atoms with Gasteiger partial charge in [0, 0.05) is 30.0 Å². The number of hydrogen-bond donors (Lipinski definition) is 1. The molecular formula is C18H22ClNO4S2. The third kappa shape index (κ3) is 5.22. The number of rotatable bonds is 7. The molecule has 8 heteroatoms. The van der Waals surface area contributed by atoms with Crippen LogP contribution in [0.4, 0.5) is 5.69 Å². The van der Waals surface area contributed by atoms with Crippen LogP contribution in [0.2, 0.25) is 5.02 Å². The summed E-state index contributed by atoms with van der Waals surface area (Å²) < 4.78 is 47.7. The van der Waals surface area contributed by atoms with Gasteiger partial charge in [-0.25, -0.2) is 16.8 Å². The lowest BCUT2D eigenvalue weighted by molar-refractivity contribution is 0.600. The third-order valence-electron chi connectivity index (χ3n) is 4.15. The molecule has 26 heavy (non-hydrogen) atoms. The molecule has 0 bridgehead atoms. The van der Waals surface area contributed by atoms with E-state index in [-0.39, 0.29) is 15.7 Å². The van der Waals surface area contributed by atoms with Crippen molar-refractivity contribution in [3.05, 3.63) is 53.1 Å². The van der Waals surface area contributed by atoms with Crippen molar-refractivity contribution in [1.29, 1.82) is 0 Å². The molecule has 2 aromatic rings. The molecule has 0 aliphatic heterocycles. The SMILES string of the molecule is CCC(CNc1ccc(S(C)(=O)=O)cc1S(C)(=O)=O)c1ccc(Cl)cc1. The first-order chi connectivity index (χ1) is 12.0. The molecule has 0 fully saturated rings. The van der Waals surface area contributed by atoms with Crippen LogP contribution in [0.25, 0.3) is 0 Å². The Kier molecular flexibility index (Phi) is 6.37. The third-order valence-corrected chi connectivity index (χ3v) is 6.65. The van der Waals surface area contributed by atoms with Crippen LogP contribution in [0.1, 0.15) is 24.8 Å². The van der Waals surface area contributed by atoms with Gasteiger partial charge in [0.1, 0.15) is 0 Å². The molecule has 0 saturated heterocycles. The summed E-state index contributed by atoms with van der Waals surface area (Å²) >= 11 is 5.92. The highest BCUT2D eigenvalue weighted by molar-refractivity contribution is 7.91. The number of halogens is 1. The average molecular weight is 416 g/mol. The molecule has 2 aromatic carbocycles. The quantitative estimate of drug-likeness (QED) is 0.744. The van der Waals surface area contributed by atoms with E-state index >= 15 is 0 Å². The Morgan fingerprint density at radius 3 is 2.08 bits per heavy atom. The summed E-state index contributed by atoms with van der Waals surface area (Å²) in [6.45, 7) is 2.56. The second kappa shape index (κ2) is 7.98. The van der Waals surface area contributed by atoms with Crippen molar-refractivity contribution < 1.29 is 16.8 Å². The molecule has 0 radical (unpaired) electrons. The zero-order valence-electron chi connectivity index (χ0n) is 14.9. The summed E-state index contributed by atoms with van der Waals surface area (Å²) in [6, 6.07) is 11.7. The van der Waals surface area contributed by atoms with Gasteiger partial charge in [-0.1, -0.05) is 30.7 Å². The average Bonchev–Trinajstić information content (AvgIpc) is 2.55. The maximum Gasteiger partial charge on any atom is 0.177 e. The Balaban J connectivity index is 2.32. The second-order valence-electron chi connectivity index (χ2n) is 6.24. The van der Waals surface area contributed by atoms with Crippen LogP contribution in [0, 0.1) is 0 Å². The minimum Gasteiger partial charge on any atom is -0.383 e. The molecule has 0 heterocycles. The maximum absolute atomic E-state index is 12.1. The maximum atomic E-state index is 12.1. The van der Waals surface area contributed by atoms with Gasteiger partial charge in [-0.05, 0) is 42.3 Å². The predicted molar refractivity (Wildman–Crippen MR) is 106 cm³/mol. The highest BCUT2D eigenvalue weighted by Gasteiger charge is 2.19. The molecule has 0 spiro atoms. The molecule has 142 valence electrons. The van der Waals surface area contributed by atoms with E-state index in [1.807, 2.05) is 31.2 Å². The standard InChI is InChI=1S/C18H22ClNO4S2/c1-4-13(14-5-7-15(19)8-6-14)12-20-17-10-9-16(25(2,21)22)11-18(17)26(3,23)24/h5-11,13,20H,4,12H2,1-3H3. The van der Waals surface area contributed by atoms with E-state index < -0.39 is 19.7 Å². The van der Waals surface area contributed by atoms with Gasteiger partial charge in [-0.2, -0.15) is 0 Å². The Hall–Kier alpha value is -1.57. The molecule has 5 nitrogen and oxygen atoms in total. The molecule has 0 aliphatic rings. The first-order valence-corrected chi connectivity index (χ1v) is 12.2. The molecule has 1 atom stereocenters. The van der Waals surface area contributed by atoms with Crippen LogP contribution in [0.3, 0.4) is 0 Å². The Bertz CT molecular complexity index is 984. The van der Waals surface area contributed by atoms with Crippen molar-refractivity contribution in [3.63, 3.8) is 0 Å².